The molecule has 0 radical (unpaired) electrons. The zero-order valence-electron chi connectivity index (χ0n) is 20.1. The highest BCUT2D eigenvalue weighted by Gasteiger charge is 2.61. The van der Waals surface area contributed by atoms with E-state index in [4.69, 9.17) is 14.2 Å². The molecule has 0 aromatic heterocycles. The van der Waals surface area contributed by atoms with Crippen molar-refractivity contribution >= 4 is 46.8 Å². The van der Waals surface area contributed by atoms with Gasteiger partial charge in [0.05, 0.1) is 5.41 Å². The first kappa shape index (κ1) is 26.4. The predicted molar refractivity (Wildman–Crippen MR) is 130 cm³/mol. The van der Waals surface area contributed by atoms with Crippen LogP contribution in [0, 0.1) is 34.5 Å². The third kappa shape index (κ3) is 5.10. The van der Waals surface area contributed by atoms with Crippen LogP contribution in [0.5, 0.6) is 0 Å². The molecule has 7 nitrogen and oxygen atoms in total. The lowest BCUT2D eigenvalue weighted by atomic mass is 9.50. The normalized spacial score (nSPS) is 39.3. The summed E-state index contributed by atoms with van der Waals surface area (Å²) in [5.41, 5.74) is -0.680. The fraction of sp³-hybridized carbons (Fsp3) is 0.840. The minimum absolute atomic E-state index is 0.0475. The second-order valence-electron chi connectivity index (χ2n) is 10.5. The zero-order chi connectivity index (χ0) is 24.4. The van der Waals surface area contributed by atoms with Gasteiger partial charge in [-0.3, -0.25) is 19.2 Å². The number of ether oxygens (including phenoxy) is 3. The van der Waals surface area contributed by atoms with Gasteiger partial charge in [0, 0.05) is 30.6 Å². The summed E-state index contributed by atoms with van der Waals surface area (Å²) in [5.74, 6) is 0.576. The molecule has 8 heteroatoms. The average Bonchev–Trinajstić information content (AvgIpc) is 3.09. The van der Waals surface area contributed by atoms with Crippen LogP contribution in [0.15, 0.2) is 0 Å². The van der Waals surface area contributed by atoms with E-state index in [1.165, 1.54) is 13.8 Å². The number of fused-ring (bicyclic) bond motifs is 1. The van der Waals surface area contributed by atoms with Crippen molar-refractivity contribution in [3.8, 4) is 0 Å². The molecular formula is C25H37IO7. The lowest BCUT2D eigenvalue weighted by molar-refractivity contribution is -0.165. The maximum atomic E-state index is 13.6. The van der Waals surface area contributed by atoms with Gasteiger partial charge in [-0.15, -0.1) is 0 Å². The highest BCUT2D eigenvalue weighted by molar-refractivity contribution is 14.1. The molecule has 0 aliphatic heterocycles. The van der Waals surface area contributed by atoms with Gasteiger partial charge in [0.1, 0.15) is 24.6 Å². The first-order valence-electron chi connectivity index (χ1n) is 12.1. The Hall–Kier alpha value is -1.19. The number of esters is 2. The maximum absolute atomic E-state index is 13.6. The summed E-state index contributed by atoms with van der Waals surface area (Å²) in [4.78, 5) is 47.7. The summed E-state index contributed by atoms with van der Waals surface area (Å²) < 4.78 is 17.1. The SMILES string of the molecule is CC(=O)O[C@H]1CC[C@](COC=O)([C@H]2CC[C@]3(C)[C@@H]([C@@H](C)OC(C)=O)CC[C@H]3[C@@H]2CI)C(=O)C1. The van der Waals surface area contributed by atoms with Crippen molar-refractivity contribution in [2.45, 2.75) is 84.8 Å². The van der Waals surface area contributed by atoms with Crippen molar-refractivity contribution in [2.75, 3.05) is 11.0 Å². The Morgan fingerprint density at radius 2 is 1.85 bits per heavy atom. The summed E-state index contributed by atoms with van der Waals surface area (Å²) in [6, 6.07) is 0. The maximum Gasteiger partial charge on any atom is 0.302 e. The molecule has 3 rings (SSSR count). The van der Waals surface area contributed by atoms with Gasteiger partial charge in [-0.1, -0.05) is 29.5 Å². The largest absolute Gasteiger partial charge is 0.467 e. The molecule has 33 heavy (non-hydrogen) atoms. The van der Waals surface area contributed by atoms with E-state index in [1.54, 1.807) is 0 Å². The van der Waals surface area contributed by atoms with Gasteiger partial charge < -0.3 is 14.2 Å². The van der Waals surface area contributed by atoms with E-state index in [-0.39, 0.29) is 48.2 Å². The van der Waals surface area contributed by atoms with Crippen LogP contribution < -0.4 is 0 Å². The smallest absolute Gasteiger partial charge is 0.302 e. The Morgan fingerprint density at radius 3 is 2.42 bits per heavy atom. The van der Waals surface area contributed by atoms with Crippen LogP contribution >= 0.6 is 22.6 Å². The van der Waals surface area contributed by atoms with Crippen LogP contribution in [0.4, 0.5) is 0 Å². The molecule has 0 bridgehead atoms. The highest BCUT2D eigenvalue weighted by Crippen LogP contribution is 2.63. The van der Waals surface area contributed by atoms with Gasteiger partial charge in [-0.05, 0) is 68.6 Å². The van der Waals surface area contributed by atoms with Crippen LogP contribution in [0.3, 0.4) is 0 Å². The number of carbonyl (C=O) groups excluding carboxylic acids is 4. The van der Waals surface area contributed by atoms with E-state index in [9.17, 15) is 19.2 Å². The topological polar surface area (TPSA) is 96.0 Å². The molecule has 186 valence electrons. The molecule has 3 aliphatic carbocycles. The number of halogens is 1. The first-order chi connectivity index (χ1) is 15.6. The lowest BCUT2D eigenvalue weighted by Crippen LogP contribution is -2.55. The van der Waals surface area contributed by atoms with Crippen LogP contribution in [0.1, 0.15) is 72.6 Å². The van der Waals surface area contributed by atoms with E-state index >= 15 is 0 Å². The average molecular weight is 576 g/mol. The van der Waals surface area contributed by atoms with Gasteiger partial charge >= 0.3 is 11.9 Å². The van der Waals surface area contributed by atoms with Gasteiger partial charge in [-0.2, -0.15) is 0 Å². The van der Waals surface area contributed by atoms with E-state index in [2.05, 4.69) is 29.5 Å². The van der Waals surface area contributed by atoms with Crippen LogP contribution in [0.25, 0.3) is 0 Å². The molecule has 0 unspecified atom stereocenters. The molecule has 0 N–H and O–H groups in total. The number of hydrogen-bond donors (Lipinski definition) is 0. The van der Waals surface area contributed by atoms with Gasteiger partial charge in [0.25, 0.3) is 6.47 Å². The molecule has 0 aromatic carbocycles. The lowest BCUT2D eigenvalue weighted by Gasteiger charge is -2.55. The molecular weight excluding hydrogens is 539 g/mol. The number of carbonyl (C=O) groups is 4. The van der Waals surface area contributed by atoms with Crippen molar-refractivity contribution < 1.29 is 33.4 Å². The van der Waals surface area contributed by atoms with E-state index < -0.39 is 11.5 Å². The number of Topliss-reactive ketones (excluding diaryl/α,β-unsaturated/α-hetero) is 1. The molecule has 3 aliphatic rings. The molecule has 0 amide bonds. The Labute approximate surface area is 210 Å². The predicted octanol–water partition coefficient (Wildman–Crippen LogP) is 4.28. The molecule has 3 fully saturated rings. The van der Waals surface area contributed by atoms with Gasteiger partial charge in [-0.25, -0.2) is 0 Å². The molecule has 0 aromatic rings. The second kappa shape index (κ2) is 10.6. The standard InChI is InChI=1S/C25H37IO7/c1-15(32-16(2)28)20-5-6-21-19(12-26)22(8-9-24(20,21)4)25(13-31-14-27)10-7-18(11-23(25)30)33-17(3)29/h14-15,18-22H,5-13H2,1-4H3/t15-,18+,19+,20-,21+,22+,24-,25+/m1/s1. The van der Waals surface area contributed by atoms with Crippen molar-refractivity contribution in [3.63, 3.8) is 0 Å². The Morgan fingerprint density at radius 1 is 1.12 bits per heavy atom. The summed E-state index contributed by atoms with van der Waals surface area (Å²) in [7, 11) is 0. The fourth-order valence-corrected chi connectivity index (χ4v) is 8.81. The van der Waals surface area contributed by atoms with Crippen LogP contribution in [-0.4, -0.2) is 47.4 Å². The summed E-state index contributed by atoms with van der Waals surface area (Å²) in [5, 5.41) is 0. The molecule has 0 heterocycles. The third-order valence-electron chi connectivity index (χ3n) is 8.94. The summed E-state index contributed by atoms with van der Waals surface area (Å²) in [6.07, 6.45) is 4.70. The molecule has 3 saturated carbocycles. The van der Waals surface area contributed by atoms with Crippen molar-refractivity contribution in [3.05, 3.63) is 0 Å². The Bertz CT molecular complexity index is 770. The number of ketones is 1. The number of rotatable bonds is 8. The number of alkyl halides is 1. The third-order valence-corrected chi connectivity index (χ3v) is 9.96. The van der Waals surface area contributed by atoms with E-state index in [0.29, 0.717) is 37.1 Å². The molecule has 0 saturated heterocycles. The molecule has 0 spiro atoms. The first-order valence-corrected chi connectivity index (χ1v) is 13.6. The van der Waals surface area contributed by atoms with Crippen LogP contribution in [-0.2, 0) is 33.4 Å². The monoisotopic (exact) mass is 576 g/mol. The minimum Gasteiger partial charge on any atom is -0.467 e. The Balaban J connectivity index is 1.87. The van der Waals surface area contributed by atoms with Gasteiger partial charge in [0.2, 0.25) is 0 Å². The van der Waals surface area contributed by atoms with E-state index in [0.717, 1.165) is 30.1 Å². The van der Waals surface area contributed by atoms with E-state index in [1.807, 2.05) is 6.92 Å². The van der Waals surface area contributed by atoms with Crippen molar-refractivity contribution in [1.29, 1.82) is 0 Å². The quantitative estimate of drug-likeness (QED) is 0.140. The summed E-state index contributed by atoms with van der Waals surface area (Å²) >= 11 is 2.44. The zero-order valence-corrected chi connectivity index (χ0v) is 22.3. The summed E-state index contributed by atoms with van der Waals surface area (Å²) in [6.45, 7) is 7.69. The molecule has 8 atom stereocenters. The van der Waals surface area contributed by atoms with Crippen molar-refractivity contribution in [2.24, 2.45) is 34.5 Å². The van der Waals surface area contributed by atoms with Gasteiger partial charge in [0.15, 0.2) is 0 Å². The van der Waals surface area contributed by atoms with Crippen LogP contribution in [0.2, 0.25) is 0 Å². The highest BCUT2D eigenvalue weighted by atomic mass is 127. The fourth-order valence-electron chi connectivity index (χ4n) is 7.58. The Kier molecular flexibility index (Phi) is 8.49. The number of hydrogen-bond acceptors (Lipinski definition) is 7. The minimum atomic E-state index is -0.728. The second-order valence-corrected chi connectivity index (χ2v) is 11.4. The van der Waals surface area contributed by atoms with Crippen molar-refractivity contribution in [1.82, 2.24) is 0 Å².